The number of rotatable bonds is 10. The highest BCUT2D eigenvalue weighted by atomic mass is 35.5. The van der Waals surface area contributed by atoms with Gasteiger partial charge in [0.25, 0.3) is 0 Å². The molecule has 0 aromatic carbocycles. The largest absolute Gasteiger partial charge is 0.383 e. The number of nitrogens with one attached hydrogen (secondary N) is 3. The summed E-state index contributed by atoms with van der Waals surface area (Å²) in [6, 6.07) is 4.79. The van der Waals surface area contributed by atoms with Crippen molar-refractivity contribution in [1.82, 2.24) is 15.3 Å². The molecule has 33 heavy (non-hydrogen) atoms. The number of aromatic nitrogens is 2. The van der Waals surface area contributed by atoms with Crippen LogP contribution in [0.1, 0.15) is 52.4 Å². The Hall–Kier alpha value is -1.96. The first-order chi connectivity index (χ1) is 15.8. The summed E-state index contributed by atoms with van der Waals surface area (Å²) in [5, 5.41) is 10.8. The van der Waals surface area contributed by atoms with Crippen LogP contribution in [-0.2, 0) is 4.74 Å². The Kier molecular flexibility index (Phi) is 7.72. The molecular formula is C25H35ClFN5O. The van der Waals surface area contributed by atoms with Crippen molar-refractivity contribution in [3.05, 3.63) is 35.5 Å². The van der Waals surface area contributed by atoms with Crippen molar-refractivity contribution in [2.24, 2.45) is 5.41 Å². The second-order valence-electron chi connectivity index (χ2n) is 9.99. The zero-order valence-electron chi connectivity index (χ0n) is 19.8. The molecule has 0 aliphatic heterocycles. The zero-order valence-corrected chi connectivity index (χ0v) is 20.5. The van der Waals surface area contributed by atoms with Crippen molar-refractivity contribution >= 4 is 23.1 Å². The predicted octanol–water partition coefficient (Wildman–Crippen LogP) is 5.50. The molecule has 1 atom stereocenters. The summed E-state index contributed by atoms with van der Waals surface area (Å²) in [5.41, 5.74) is 2.19. The third kappa shape index (κ3) is 6.55. The molecule has 2 saturated carbocycles. The Balaban J connectivity index is 1.40. The predicted molar refractivity (Wildman–Crippen MR) is 132 cm³/mol. The summed E-state index contributed by atoms with van der Waals surface area (Å²) in [6.07, 6.45) is 9.66. The van der Waals surface area contributed by atoms with E-state index in [2.05, 4.69) is 39.8 Å². The van der Waals surface area contributed by atoms with Crippen LogP contribution in [0.15, 0.2) is 24.5 Å². The zero-order chi connectivity index (χ0) is 23.4. The van der Waals surface area contributed by atoms with Gasteiger partial charge in [0.05, 0.1) is 24.7 Å². The summed E-state index contributed by atoms with van der Waals surface area (Å²) in [4.78, 5) is 8.57. The lowest BCUT2D eigenvalue weighted by Crippen LogP contribution is -2.42. The fraction of sp³-hybridized carbons (Fsp3) is 0.600. The number of methoxy groups -OCH3 is 1. The Morgan fingerprint density at radius 2 is 1.85 bits per heavy atom. The Labute approximate surface area is 201 Å². The first-order valence-corrected chi connectivity index (χ1v) is 12.3. The topological polar surface area (TPSA) is 71.1 Å². The number of hydrogen-bond donors (Lipinski definition) is 3. The fourth-order valence-corrected chi connectivity index (χ4v) is 4.68. The molecule has 180 valence electrons. The standard InChI is InChI=1S/C25H35ClFN5O/c1-16(14-33-3)31-17-4-6-18(7-5-17)32-23-11-20(22(27)13-28-23)21-10-19(12-29-24(21)26)30-15-25(2)8-9-25/h10-13,16-18,30-31H,4-9,14-15H2,1-3H3,(H,28,32)/t16-,17?,18?/m1/s1. The molecule has 2 heterocycles. The average molecular weight is 476 g/mol. The van der Waals surface area contributed by atoms with Crippen molar-refractivity contribution in [3.8, 4) is 11.1 Å². The number of ether oxygens (including phenoxy) is 1. The molecule has 6 nitrogen and oxygen atoms in total. The quantitative estimate of drug-likeness (QED) is 0.394. The van der Waals surface area contributed by atoms with E-state index in [0.29, 0.717) is 47.1 Å². The molecule has 2 aromatic heterocycles. The van der Waals surface area contributed by atoms with Crippen LogP contribution in [0.2, 0.25) is 5.15 Å². The minimum atomic E-state index is -0.407. The minimum absolute atomic E-state index is 0.283. The maximum Gasteiger partial charge on any atom is 0.149 e. The van der Waals surface area contributed by atoms with Crippen LogP contribution in [0.4, 0.5) is 15.9 Å². The van der Waals surface area contributed by atoms with Crippen LogP contribution in [0, 0.1) is 11.2 Å². The van der Waals surface area contributed by atoms with E-state index in [0.717, 1.165) is 37.9 Å². The van der Waals surface area contributed by atoms with Gasteiger partial charge in [-0.2, -0.15) is 0 Å². The van der Waals surface area contributed by atoms with E-state index >= 15 is 0 Å². The molecule has 0 unspecified atom stereocenters. The first-order valence-electron chi connectivity index (χ1n) is 11.9. The van der Waals surface area contributed by atoms with E-state index in [1.165, 1.54) is 19.0 Å². The van der Waals surface area contributed by atoms with E-state index in [1.807, 2.05) is 6.07 Å². The molecule has 2 aliphatic carbocycles. The minimum Gasteiger partial charge on any atom is -0.383 e. The lowest BCUT2D eigenvalue weighted by atomic mass is 9.90. The summed E-state index contributed by atoms with van der Waals surface area (Å²) < 4.78 is 20.0. The van der Waals surface area contributed by atoms with E-state index in [1.54, 1.807) is 19.4 Å². The molecule has 0 spiro atoms. The SMILES string of the molecule is COC[C@@H](C)NC1CCC(Nc2cc(-c3cc(NCC4(C)CC4)cnc3Cl)c(F)cn2)CC1. The highest BCUT2D eigenvalue weighted by Gasteiger charge is 2.36. The van der Waals surface area contributed by atoms with Gasteiger partial charge >= 0.3 is 0 Å². The van der Waals surface area contributed by atoms with Gasteiger partial charge in [-0.3, -0.25) is 0 Å². The molecule has 8 heteroatoms. The van der Waals surface area contributed by atoms with Gasteiger partial charge < -0.3 is 20.7 Å². The van der Waals surface area contributed by atoms with Crippen LogP contribution in [0.3, 0.4) is 0 Å². The molecule has 0 saturated heterocycles. The van der Waals surface area contributed by atoms with Gasteiger partial charge in [0, 0.05) is 42.9 Å². The van der Waals surface area contributed by atoms with Crippen LogP contribution in [-0.4, -0.2) is 48.4 Å². The molecule has 0 radical (unpaired) electrons. The van der Waals surface area contributed by atoms with Crippen molar-refractivity contribution < 1.29 is 9.13 Å². The van der Waals surface area contributed by atoms with Crippen molar-refractivity contribution in [2.75, 3.05) is 30.9 Å². The number of nitrogens with zero attached hydrogens (tertiary/aromatic N) is 2. The fourth-order valence-electron chi connectivity index (χ4n) is 4.48. The third-order valence-electron chi connectivity index (χ3n) is 6.82. The van der Waals surface area contributed by atoms with Gasteiger partial charge in [-0.15, -0.1) is 0 Å². The molecule has 3 N–H and O–H groups in total. The normalized spacial score (nSPS) is 22.6. The number of pyridine rings is 2. The first kappa shape index (κ1) is 24.2. The summed E-state index contributed by atoms with van der Waals surface area (Å²) in [5.74, 6) is 0.256. The Morgan fingerprint density at radius 3 is 2.55 bits per heavy atom. The monoisotopic (exact) mass is 475 g/mol. The number of hydrogen-bond acceptors (Lipinski definition) is 6. The Bertz CT molecular complexity index is 946. The van der Waals surface area contributed by atoms with E-state index in [4.69, 9.17) is 16.3 Å². The van der Waals surface area contributed by atoms with E-state index in [-0.39, 0.29) is 5.15 Å². The molecule has 2 fully saturated rings. The maximum absolute atomic E-state index is 14.8. The molecule has 0 amide bonds. The smallest absolute Gasteiger partial charge is 0.149 e. The summed E-state index contributed by atoms with van der Waals surface area (Å²) >= 11 is 6.37. The average Bonchev–Trinajstić information content (AvgIpc) is 3.53. The molecule has 2 aromatic rings. The highest BCUT2D eigenvalue weighted by Crippen LogP contribution is 2.45. The number of halogens is 2. The third-order valence-corrected chi connectivity index (χ3v) is 7.12. The van der Waals surface area contributed by atoms with Crippen molar-refractivity contribution in [1.29, 1.82) is 0 Å². The van der Waals surface area contributed by atoms with Gasteiger partial charge in [-0.05, 0) is 63.0 Å². The lowest BCUT2D eigenvalue weighted by molar-refractivity contribution is 0.161. The molecule has 0 bridgehead atoms. The maximum atomic E-state index is 14.8. The van der Waals surface area contributed by atoms with E-state index in [9.17, 15) is 4.39 Å². The Morgan fingerprint density at radius 1 is 1.12 bits per heavy atom. The van der Waals surface area contributed by atoms with Gasteiger partial charge in [-0.1, -0.05) is 18.5 Å². The van der Waals surface area contributed by atoms with Crippen LogP contribution in [0.25, 0.3) is 11.1 Å². The second-order valence-corrected chi connectivity index (χ2v) is 10.3. The van der Waals surface area contributed by atoms with E-state index < -0.39 is 5.82 Å². The van der Waals surface area contributed by atoms with Crippen molar-refractivity contribution in [2.45, 2.75) is 70.5 Å². The highest BCUT2D eigenvalue weighted by molar-refractivity contribution is 6.32. The van der Waals surface area contributed by atoms with Crippen LogP contribution < -0.4 is 16.0 Å². The molecule has 2 aliphatic rings. The second kappa shape index (κ2) is 10.5. The van der Waals surface area contributed by atoms with Crippen LogP contribution in [0.5, 0.6) is 0 Å². The molecule has 4 rings (SSSR count). The van der Waals surface area contributed by atoms with Gasteiger partial charge in [0.2, 0.25) is 0 Å². The van der Waals surface area contributed by atoms with Crippen molar-refractivity contribution in [3.63, 3.8) is 0 Å². The molecular weight excluding hydrogens is 441 g/mol. The van der Waals surface area contributed by atoms with Gasteiger partial charge in [0.15, 0.2) is 0 Å². The summed E-state index contributed by atoms with van der Waals surface area (Å²) in [6.45, 7) is 6.00. The van der Waals surface area contributed by atoms with Crippen LogP contribution >= 0.6 is 11.6 Å². The van der Waals surface area contributed by atoms with Gasteiger partial charge in [0.1, 0.15) is 16.8 Å². The summed E-state index contributed by atoms with van der Waals surface area (Å²) in [7, 11) is 1.73. The lowest BCUT2D eigenvalue weighted by Gasteiger charge is -2.31. The van der Waals surface area contributed by atoms with Gasteiger partial charge in [-0.25, -0.2) is 14.4 Å². The number of anilines is 2.